The molecule has 0 aliphatic rings. The molecule has 1 rings (SSSR count). The highest BCUT2D eigenvalue weighted by atomic mass is 16.3. The monoisotopic (exact) mass is 210 g/mol. The molecule has 15 heavy (non-hydrogen) atoms. The normalized spacial score (nSPS) is 11.3. The molecule has 0 spiro atoms. The Bertz CT molecular complexity index is 316. The van der Waals surface area contributed by atoms with Crippen LogP contribution in [0.2, 0.25) is 0 Å². The van der Waals surface area contributed by atoms with Crippen molar-refractivity contribution in [3.63, 3.8) is 0 Å². The first-order chi connectivity index (χ1) is 7.11. The average molecular weight is 210 g/mol. The van der Waals surface area contributed by atoms with E-state index in [0.29, 0.717) is 5.75 Å². The van der Waals surface area contributed by atoms with Gasteiger partial charge in [-0.2, -0.15) is 5.10 Å². The van der Waals surface area contributed by atoms with E-state index in [0.717, 1.165) is 37.2 Å². The van der Waals surface area contributed by atoms with Gasteiger partial charge in [0.15, 0.2) is 5.75 Å². The van der Waals surface area contributed by atoms with Crippen LogP contribution in [0, 0.1) is 0 Å². The van der Waals surface area contributed by atoms with Crippen molar-refractivity contribution >= 4 is 0 Å². The topological polar surface area (TPSA) is 38.1 Å². The molecule has 0 fully saturated rings. The zero-order chi connectivity index (χ0) is 11.4. The first-order valence-electron chi connectivity index (χ1n) is 5.90. The summed E-state index contributed by atoms with van der Waals surface area (Å²) in [6.07, 6.45) is 3.18. The van der Waals surface area contributed by atoms with Crippen LogP contribution < -0.4 is 0 Å². The van der Waals surface area contributed by atoms with Gasteiger partial charge in [-0.15, -0.1) is 0 Å². The third-order valence-electron chi connectivity index (χ3n) is 2.67. The molecule has 0 saturated heterocycles. The molecule has 1 aromatic rings. The van der Waals surface area contributed by atoms with Crippen LogP contribution >= 0.6 is 0 Å². The Morgan fingerprint density at radius 1 is 1.33 bits per heavy atom. The molecule has 0 saturated carbocycles. The lowest BCUT2D eigenvalue weighted by Crippen LogP contribution is -2.03. The second-order valence-electron chi connectivity index (χ2n) is 4.25. The van der Waals surface area contributed by atoms with Crippen molar-refractivity contribution in [2.24, 2.45) is 0 Å². The molecule has 0 aliphatic heterocycles. The smallest absolute Gasteiger partial charge is 0.160 e. The van der Waals surface area contributed by atoms with Crippen LogP contribution in [0.15, 0.2) is 0 Å². The van der Waals surface area contributed by atoms with Gasteiger partial charge in [0.1, 0.15) is 5.69 Å². The molecule has 0 aromatic carbocycles. The van der Waals surface area contributed by atoms with Crippen molar-refractivity contribution in [1.82, 2.24) is 9.78 Å². The summed E-state index contributed by atoms with van der Waals surface area (Å²) in [5.41, 5.74) is 1.84. The summed E-state index contributed by atoms with van der Waals surface area (Å²) < 4.78 is 1.93. The molecule has 1 N–H and O–H groups in total. The van der Waals surface area contributed by atoms with Gasteiger partial charge in [-0.1, -0.05) is 27.2 Å². The van der Waals surface area contributed by atoms with Gasteiger partial charge in [0.2, 0.25) is 0 Å². The van der Waals surface area contributed by atoms with E-state index in [9.17, 15) is 5.11 Å². The number of hydrogen-bond donors (Lipinski definition) is 1. The highest BCUT2D eigenvalue weighted by Crippen LogP contribution is 2.29. The Hall–Kier alpha value is -0.990. The summed E-state index contributed by atoms with van der Waals surface area (Å²) in [6.45, 7) is 9.18. The third kappa shape index (κ3) is 2.52. The van der Waals surface area contributed by atoms with Gasteiger partial charge < -0.3 is 5.11 Å². The molecule has 1 aromatic heterocycles. The SMILES string of the molecule is CCCCc1c(O)c(C(C)C)nn1CC. The minimum absolute atomic E-state index is 0.290. The second kappa shape index (κ2) is 5.19. The van der Waals surface area contributed by atoms with E-state index < -0.39 is 0 Å². The molecule has 0 atom stereocenters. The first kappa shape index (κ1) is 12.1. The van der Waals surface area contributed by atoms with Crippen LogP contribution in [-0.4, -0.2) is 14.9 Å². The maximum absolute atomic E-state index is 10.1. The lowest BCUT2D eigenvalue weighted by Gasteiger charge is -2.03. The fraction of sp³-hybridized carbons (Fsp3) is 0.750. The van der Waals surface area contributed by atoms with Gasteiger partial charge in [0.05, 0.1) is 5.69 Å². The van der Waals surface area contributed by atoms with E-state index in [1.807, 2.05) is 4.68 Å². The Morgan fingerprint density at radius 3 is 2.47 bits per heavy atom. The molecule has 0 bridgehead atoms. The number of aryl methyl sites for hydroxylation is 1. The van der Waals surface area contributed by atoms with Crippen LogP contribution in [0.25, 0.3) is 0 Å². The van der Waals surface area contributed by atoms with E-state index in [2.05, 4.69) is 32.8 Å². The number of aromatic nitrogens is 2. The third-order valence-corrected chi connectivity index (χ3v) is 2.67. The zero-order valence-electron chi connectivity index (χ0n) is 10.2. The van der Waals surface area contributed by atoms with Gasteiger partial charge in [0.25, 0.3) is 0 Å². The zero-order valence-corrected chi connectivity index (χ0v) is 10.2. The van der Waals surface area contributed by atoms with Gasteiger partial charge in [-0.3, -0.25) is 4.68 Å². The predicted octanol–water partition coefficient (Wildman–Crippen LogP) is 3.07. The first-order valence-corrected chi connectivity index (χ1v) is 5.90. The van der Waals surface area contributed by atoms with E-state index in [4.69, 9.17) is 0 Å². The molecule has 3 heteroatoms. The molecular formula is C12H22N2O. The molecule has 0 radical (unpaired) electrons. The Balaban J connectivity index is 3.00. The highest BCUT2D eigenvalue weighted by Gasteiger charge is 2.17. The fourth-order valence-electron chi connectivity index (χ4n) is 1.75. The number of aromatic hydroxyl groups is 1. The highest BCUT2D eigenvalue weighted by molar-refractivity contribution is 5.34. The van der Waals surface area contributed by atoms with Crippen LogP contribution in [0.1, 0.15) is 57.8 Å². The van der Waals surface area contributed by atoms with Gasteiger partial charge in [-0.05, 0) is 19.8 Å². The largest absolute Gasteiger partial charge is 0.504 e. The average Bonchev–Trinajstić information content (AvgIpc) is 2.52. The van der Waals surface area contributed by atoms with Crippen LogP contribution in [0.4, 0.5) is 0 Å². The number of unbranched alkanes of at least 4 members (excludes halogenated alkanes) is 1. The van der Waals surface area contributed by atoms with Gasteiger partial charge in [0, 0.05) is 12.5 Å². The summed E-state index contributed by atoms with van der Waals surface area (Å²) >= 11 is 0. The Kier molecular flexibility index (Phi) is 4.18. The van der Waals surface area contributed by atoms with Gasteiger partial charge >= 0.3 is 0 Å². The minimum atomic E-state index is 0.290. The molecule has 3 nitrogen and oxygen atoms in total. The summed E-state index contributed by atoms with van der Waals surface area (Å²) in [6, 6.07) is 0. The van der Waals surface area contributed by atoms with Crippen LogP contribution in [0.3, 0.4) is 0 Å². The van der Waals surface area contributed by atoms with E-state index >= 15 is 0 Å². The predicted molar refractivity (Wildman–Crippen MR) is 62.3 cm³/mol. The quantitative estimate of drug-likeness (QED) is 0.811. The molecular weight excluding hydrogens is 188 g/mol. The van der Waals surface area contributed by atoms with Crippen molar-refractivity contribution in [3.05, 3.63) is 11.4 Å². The summed E-state index contributed by atoms with van der Waals surface area (Å²) in [4.78, 5) is 0. The molecule has 0 unspecified atom stereocenters. The molecule has 1 heterocycles. The number of nitrogens with zero attached hydrogens (tertiary/aromatic N) is 2. The van der Waals surface area contributed by atoms with E-state index in [-0.39, 0.29) is 5.92 Å². The van der Waals surface area contributed by atoms with E-state index in [1.165, 1.54) is 0 Å². The fourth-order valence-corrected chi connectivity index (χ4v) is 1.75. The maximum Gasteiger partial charge on any atom is 0.160 e. The van der Waals surface area contributed by atoms with Gasteiger partial charge in [-0.25, -0.2) is 0 Å². The Labute approximate surface area is 92.1 Å². The second-order valence-corrected chi connectivity index (χ2v) is 4.25. The maximum atomic E-state index is 10.1. The molecule has 86 valence electrons. The lowest BCUT2D eigenvalue weighted by molar-refractivity contribution is 0.454. The van der Waals surface area contributed by atoms with Crippen molar-refractivity contribution in [2.75, 3.05) is 0 Å². The van der Waals surface area contributed by atoms with Crippen LogP contribution in [-0.2, 0) is 13.0 Å². The van der Waals surface area contributed by atoms with Crippen molar-refractivity contribution in [2.45, 2.75) is 59.4 Å². The number of hydrogen-bond acceptors (Lipinski definition) is 2. The van der Waals surface area contributed by atoms with Crippen LogP contribution in [0.5, 0.6) is 5.75 Å². The van der Waals surface area contributed by atoms with E-state index in [1.54, 1.807) is 0 Å². The molecule has 0 amide bonds. The summed E-state index contributed by atoms with van der Waals surface area (Å²) in [7, 11) is 0. The summed E-state index contributed by atoms with van der Waals surface area (Å²) in [5.74, 6) is 0.707. The standard InChI is InChI=1S/C12H22N2O/c1-5-7-8-10-12(15)11(9(3)4)13-14(10)6-2/h9,15H,5-8H2,1-4H3. The summed E-state index contributed by atoms with van der Waals surface area (Å²) in [5, 5.41) is 14.5. The lowest BCUT2D eigenvalue weighted by atomic mass is 10.1. The Morgan fingerprint density at radius 2 is 2.00 bits per heavy atom. The minimum Gasteiger partial charge on any atom is -0.504 e. The van der Waals surface area contributed by atoms with Crippen molar-refractivity contribution in [3.8, 4) is 5.75 Å². The van der Waals surface area contributed by atoms with Crippen molar-refractivity contribution < 1.29 is 5.11 Å². The molecule has 0 aliphatic carbocycles. The van der Waals surface area contributed by atoms with Crippen molar-refractivity contribution in [1.29, 1.82) is 0 Å². The number of rotatable bonds is 5.